The standard InChI is InChI=1S/C20H15ClN2O6/c1-11-2-5-13(6-3-11)23-19(27)14(18(26)22-20(23)28)8-12-4-7-16(15(21)9-12)29-10-17(24)25/h2-9H,10H2,1H3,(H,24,25)(H,22,26,28). The van der Waals surface area contributed by atoms with E-state index in [1.807, 2.05) is 6.92 Å². The Hall–Kier alpha value is -3.65. The number of anilines is 1. The number of imide groups is 2. The second-order valence-electron chi connectivity index (χ2n) is 6.17. The van der Waals surface area contributed by atoms with Crippen molar-refractivity contribution in [1.29, 1.82) is 0 Å². The van der Waals surface area contributed by atoms with E-state index in [9.17, 15) is 19.2 Å². The van der Waals surface area contributed by atoms with Gasteiger partial charge in [0.1, 0.15) is 11.3 Å². The number of urea groups is 1. The minimum absolute atomic E-state index is 0.107. The minimum Gasteiger partial charge on any atom is -0.480 e. The van der Waals surface area contributed by atoms with Crippen molar-refractivity contribution in [3.8, 4) is 5.75 Å². The summed E-state index contributed by atoms with van der Waals surface area (Å²) in [7, 11) is 0. The van der Waals surface area contributed by atoms with Crippen LogP contribution < -0.4 is 15.0 Å². The Morgan fingerprint density at radius 2 is 1.86 bits per heavy atom. The number of ether oxygens (including phenoxy) is 1. The number of halogens is 1. The van der Waals surface area contributed by atoms with Gasteiger partial charge in [0, 0.05) is 0 Å². The van der Waals surface area contributed by atoms with E-state index in [1.54, 1.807) is 24.3 Å². The van der Waals surface area contributed by atoms with E-state index in [1.165, 1.54) is 24.3 Å². The average molecular weight is 415 g/mol. The van der Waals surface area contributed by atoms with Crippen LogP contribution in [0.2, 0.25) is 5.02 Å². The molecule has 0 spiro atoms. The lowest BCUT2D eigenvalue weighted by atomic mass is 10.1. The fourth-order valence-corrected chi connectivity index (χ4v) is 2.86. The highest BCUT2D eigenvalue weighted by Gasteiger charge is 2.36. The minimum atomic E-state index is -1.16. The summed E-state index contributed by atoms with van der Waals surface area (Å²) in [6, 6.07) is 10.2. The highest BCUT2D eigenvalue weighted by molar-refractivity contribution is 6.39. The fourth-order valence-electron chi connectivity index (χ4n) is 2.62. The monoisotopic (exact) mass is 414 g/mol. The maximum Gasteiger partial charge on any atom is 0.341 e. The predicted molar refractivity (Wildman–Crippen MR) is 105 cm³/mol. The van der Waals surface area contributed by atoms with Gasteiger partial charge in [0.25, 0.3) is 11.8 Å². The number of carbonyl (C=O) groups excluding carboxylic acids is 3. The summed E-state index contributed by atoms with van der Waals surface area (Å²) in [4.78, 5) is 48.7. The van der Waals surface area contributed by atoms with Crippen molar-refractivity contribution in [3.05, 3.63) is 64.2 Å². The molecule has 2 aromatic carbocycles. The zero-order chi connectivity index (χ0) is 21.1. The van der Waals surface area contributed by atoms with Crippen molar-refractivity contribution in [2.24, 2.45) is 0 Å². The molecule has 1 fully saturated rings. The van der Waals surface area contributed by atoms with Crippen molar-refractivity contribution < 1.29 is 29.0 Å². The molecule has 2 aromatic rings. The summed E-state index contributed by atoms with van der Waals surface area (Å²) in [6.07, 6.45) is 1.29. The summed E-state index contributed by atoms with van der Waals surface area (Å²) in [5, 5.41) is 10.9. The van der Waals surface area contributed by atoms with Crippen molar-refractivity contribution in [3.63, 3.8) is 0 Å². The molecule has 1 saturated heterocycles. The second-order valence-corrected chi connectivity index (χ2v) is 6.57. The Morgan fingerprint density at radius 3 is 2.48 bits per heavy atom. The highest BCUT2D eigenvalue weighted by Crippen LogP contribution is 2.28. The van der Waals surface area contributed by atoms with Gasteiger partial charge in [-0.15, -0.1) is 0 Å². The molecule has 0 saturated carbocycles. The molecule has 148 valence electrons. The van der Waals surface area contributed by atoms with Gasteiger partial charge in [0.2, 0.25) is 0 Å². The van der Waals surface area contributed by atoms with Crippen LogP contribution in [0, 0.1) is 6.92 Å². The van der Waals surface area contributed by atoms with Crippen LogP contribution in [0.5, 0.6) is 5.75 Å². The summed E-state index contributed by atoms with van der Waals surface area (Å²) in [5.74, 6) is -2.61. The molecule has 0 radical (unpaired) electrons. The molecule has 9 heteroatoms. The molecule has 3 rings (SSSR count). The number of aryl methyl sites for hydroxylation is 1. The molecule has 1 aliphatic rings. The Bertz CT molecular complexity index is 1050. The van der Waals surface area contributed by atoms with Crippen LogP contribution in [0.15, 0.2) is 48.0 Å². The van der Waals surface area contributed by atoms with Crippen molar-refractivity contribution >= 4 is 47.2 Å². The van der Waals surface area contributed by atoms with Gasteiger partial charge in [-0.05, 0) is 42.8 Å². The summed E-state index contributed by atoms with van der Waals surface area (Å²) >= 11 is 6.07. The quantitative estimate of drug-likeness (QED) is 0.574. The van der Waals surface area contributed by atoms with Crippen LogP contribution in [0.3, 0.4) is 0 Å². The number of nitrogens with one attached hydrogen (secondary N) is 1. The number of hydrogen-bond acceptors (Lipinski definition) is 5. The van der Waals surface area contributed by atoms with E-state index in [2.05, 4.69) is 5.32 Å². The van der Waals surface area contributed by atoms with Crippen molar-refractivity contribution in [2.75, 3.05) is 11.5 Å². The Labute approximate surface area is 170 Å². The van der Waals surface area contributed by atoms with E-state index in [0.717, 1.165) is 10.5 Å². The molecular weight excluding hydrogens is 400 g/mol. The third-order valence-corrected chi connectivity index (χ3v) is 4.31. The third kappa shape index (κ3) is 4.44. The lowest BCUT2D eigenvalue weighted by molar-refractivity contribution is -0.139. The maximum absolute atomic E-state index is 12.8. The molecule has 0 atom stereocenters. The van der Waals surface area contributed by atoms with Crippen molar-refractivity contribution in [2.45, 2.75) is 6.92 Å². The van der Waals surface area contributed by atoms with Crippen LogP contribution >= 0.6 is 11.6 Å². The number of barbiturate groups is 1. The topological polar surface area (TPSA) is 113 Å². The van der Waals surface area contributed by atoms with Crippen LogP contribution in [0.4, 0.5) is 10.5 Å². The maximum atomic E-state index is 12.8. The van der Waals surface area contributed by atoms with Crippen LogP contribution in [-0.2, 0) is 14.4 Å². The normalized spacial score (nSPS) is 15.4. The first-order chi connectivity index (χ1) is 13.8. The Balaban J connectivity index is 1.91. The van der Waals surface area contributed by atoms with E-state index < -0.39 is 30.4 Å². The number of carboxylic acids is 1. The van der Waals surface area contributed by atoms with Gasteiger partial charge in [-0.3, -0.25) is 14.9 Å². The van der Waals surface area contributed by atoms with E-state index in [0.29, 0.717) is 11.3 Å². The number of carbonyl (C=O) groups is 4. The smallest absolute Gasteiger partial charge is 0.341 e. The van der Waals surface area contributed by atoms with Gasteiger partial charge in [0.05, 0.1) is 10.7 Å². The molecule has 0 aliphatic carbocycles. The zero-order valence-corrected chi connectivity index (χ0v) is 15.9. The number of nitrogens with zero attached hydrogens (tertiary/aromatic N) is 1. The SMILES string of the molecule is Cc1ccc(N2C(=O)NC(=O)C(=Cc3ccc(OCC(=O)O)c(Cl)c3)C2=O)cc1. The molecule has 1 heterocycles. The molecule has 0 bridgehead atoms. The molecule has 8 nitrogen and oxygen atoms in total. The van der Waals surface area contributed by atoms with E-state index in [4.69, 9.17) is 21.4 Å². The summed E-state index contributed by atoms with van der Waals surface area (Å²) in [6.45, 7) is 1.30. The highest BCUT2D eigenvalue weighted by atomic mass is 35.5. The van der Waals surface area contributed by atoms with Gasteiger partial charge >= 0.3 is 12.0 Å². The molecular formula is C20H15ClN2O6. The molecule has 4 amide bonds. The van der Waals surface area contributed by atoms with Crippen LogP contribution in [0.1, 0.15) is 11.1 Å². The van der Waals surface area contributed by atoms with E-state index >= 15 is 0 Å². The molecule has 1 aliphatic heterocycles. The number of rotatable bonds is 5. The first kappa shape index (κ1) is 20.1. The molecule has 2 N–H and O–H groups in total. The molecule has 29 heavy (non-hydrogen) atoms. The van der Waals surface area contributed by atoms with E-state index in [-0.39, 0.29) is 16.3 Å². The molecule has 0 aromatic heterocycles. The first-order valence-corrected chi connectivity index (χ1v) is 8.76. The van der Waals surface area contributed by atoms with Gasteiger partial charge in [0.15, 0.2) is 6.61 Å². The second kappa shape index (κ2) is 8.15. The van der Waals surface area contributed by atoms with Gasteiger partial charge in [-0.2, -0.15) is 0 Å². The lowest BCUT2D eigenvalue weighted by Gasteiger charge is -2.26. The third-order valence-electron chi connectivity index (χ3n) is 4.01. The Kier molecular flexibility index (Phi) is 5.65. The Morgan fingerprint density at radius 1 is 1.17 bits per heavy atom. The van der Waals surface area contributed by atoms with Crippen LogP contribution in [0.25, 0.3) is 6.08 Å². The number of amides is 4. The van der Waals surface area contributed by atoms with Crippen molar-refractivity contribution in [1.82, 2.24) is 5.32 Å². The zero-order valence-electron chi connectivity index (χ0n) is 15.1. The van der Waals surface area contributed by atoms with Gasteiger partial charge < -0.3 is 9.84 Å². The predicted octanol–water partition coefficient (Wildman–Crippen LogP) is 2.78. The summed E-state index contributed by atoms with van der Waals surface area (Å²) < 4.78 is 5.03. The van der Waals surface area contributed by atoms with Gasteiger partial charge in [-0.25, -0.2) is 14.5 Å². The number of aliphatic carboxylic acids is 1. The first-order valence-electron chi connectivity index (χ1n) is 8.38. The largest absolute Gasteiger partial charge is 0.480 e. The lowest BCUT2D eigenvalue weighted by Crippen LogP contribution is -2.54. The molecule has 0 unspecified atom stereocenters. The van der Waals surface area contributed by atoms with Gasteiger partial charge in [-0.1, -0.05) is 35.4 Å². The average Bonchev–Trinajstić information content (AvgIpc) is 2.65. The number of benzene rings is 2. The fraction of sp³-hybridized carbons (Fsp3) is 0.100. The summed E-state index contributed by atoms with van der Waals surface area (Å²) in [5.41, 5.74) is 1.42. The number of carboxylic acid groups (broad SMARTS) is 1. The number of hydrogen-bond donors (Lipinski definition) is 2. The van der Waals surface area contributed by atoms with Crippen LogP contribution in [-0.4, -0.2) is 35.5 Å².